The van der Waals surface area contributed by atoms with Gasteiger partial charge in [-0.3, -0.25) is 0 Å². The van der Waals surface area contributed by atoms with Crippen molar-refractivity contribution in [3.05, 3.63) is 53.7 Å². The van der Waals surface area contributed by atoms with E-state index in [1.165, 1.54) is 24.5 Å². The molecule has 2 aromatic rings. The third kappa shape index (κ3) is 3.37. The fraction of sp³-hybridized carbons (Fsp3) is 0.267. The topological polar surface area (TPSA) is 69.2 Å². The average Bonchev–Trinajstić information content (AvgIpc) is 2.94. The zero-order chi connectivity index (χ0) is 14.5. The molecule has 104 valence electrons. The Morgan fingerprint density at radius 3 is 2.90 bits per heavy atom. The lowest BCUT2D eigenvalue weighted by atomic mass is 10.1. The van der Waals surface area contributed by atoms with E-state index in [2.05, 4.69) is 5.32 Å². The zero-order valence-corrected chi connectivity index (χ0v) is 11.0. The Kier molecular flexibility index (Phi) is 4.38. The number of hydrogen-bond acceptors (Lipinski definition) is 4. The van der Waals surface area contributed by atoms with E-state index >= 15 is 0 Å². The first-order chi connectivity index (χ1) is 9.60. The molecule has 2 atom stereocenters. The molecule has 0 aliphatic heterocycles. The third-order valence-corrected chi connectivity index (χ3v) is 2.95. The molecule has 0 spiro atoms. The van der Waals surface area contributed by atoms with Crippen LogP contribution in [-0.2, 0) is 0 Å². The highest BCUT2D eigenvalue weighted by molar-refractivity contribution is 5.57. The highest BCUT2D eigenvalue weighted by atomic mass is 19.1. The van der Waals surface area contributed by atoms with Crippen LogP contribution in [0.5, 0.6) is 0 Å². The molecular weight excluding hydrogens is 259 g/mol. The first-order valence-corrected chi connectivity index (χ1v) is 6.28. The monoisotopic (exact) mass is 274 g/mol. The van der Waals surface area contributed by atoms with E-state index in [-0.39, 0.29) is 11.6 Å². The minimum atomic E-state index is -0.724. The normalized spacial score (nSPS) is 13.5. The predicted octanol–water partition coefficient (Wildman–Crippen LogP) is 3.21. The number of rotatable bonds is 5. The van der Waals surface area contributed by atoms with Gasteiger partial charge in [0, 0.05) is 12.5 Å². The molecule has 0 saturated carbocycles. The smallest absolute Gasteiger partial charge is 0.132 e. The number of furan rings is 1. The van der Waals surface area contributed by atoms with Crippen molar-refractivity contribution in [1.82, 2.24) is 0 Å². The second-order valence-corrected chi connectivity index (χ2v) is 4.61. The van der Waals surface area contributed by atoms with Crippen LogP contribution in [0.15, 0.2) is 41.0 Å². The minimum absolute atomic E-state index is 0.104. The summed E-state index contributed by atoms with van der Waals surface area (Å²) in [5.74, 6) is 0.0497. The largest absolute Gasteiger partial charge is 0.467 e. The molecule has 2 N–H and O–H groups in total. The molecular formula is C15H15FN2O2. The Balaban J connectivity index is 2.01. The number of benzene rings is 1. The van der Waals surface area contributed by atoms with Gasteiger partial charge in [-0.25, -0.2) is 4.39 Å². The summed E-state index contributed by atoms with van der Waals surface area (Å²) in [5.41, 5.74) is 0.789. The van der Waals surface area contributed by atoms with Crippen LogP contribution in [-0.4, -0.2) is 11.1 Å². The van der Waals surface area contributed by atoms with E-state index in [1.807, 2.05) is 13.0 Å². The summed E-state index contributed by atoms with van der Waals surface area (Å²) < 4.78 is 18.2. The van der Waals surface area contributed by atoms with Crippen LogP contribution in [0.1, 0.15) is 30.8 Å². The number of aliphatic hydroxyl groups excluding tert-OH is 1. The lowest BCUT2D eigenvalue weighted by molar-refractivity contribution is 0.136. The van der Waals surface area contributed by atoms with Crippen molar-refractivity contribution in [3.8, 4) is 6.07 Å². The van der Waals surface area contributed by atoms with Crippen LogP contribution in [0.25, 0.3) is 0 Å². The maximum Gasteiger partial charge on any atom is 0.132 e. The van der Waals surface area contributed by atoms with Gasteiger partial charge in [-0.2, -0.15) is 5.26 Å². The number of nitrogens with zero attached hydrogens (tertiary/aromatic N) is 1. The van der Waals surface area contributed by atoms with Crippen LogP contribution in [0.4, 0.5) is 10.1 Å². The molecule has 0 aliphatic rings. The summed E-state index contributed by atoms with van der Waals surface area (Å²) in [6.07, 6.45) is 1.19. The maximum absolute atomic E-state index is 13.0. The predicted molar refractivity (Wildman–Crippen MR) is 72.5 cm³/mol. The molecule has 0 saturated heterocycles. The molecule has 1 aromatic heterocycles. The first kappa shape index (κ1) is 14.1. The van der Waals surface area contributed by atoms with Crippen molar-refractivity contribution in [1.29, 1.82) is 5.26 Å². The van der Waals surface area contributed by atoms with Crippen LogP contribution in [0.3, 0.4) is 0 Å². The van der Waals surface area contributed by atoms with Crippen LogP contribution >= 0.6 is 0 Å². The van der Waals surface area contributed by atoms with Crippen molar-refractivity contribution in [2.45, 2.75) is 25.5 Å². The molecule has 0 aliphatic carbocycles. The summed E-state index contributed by atoms with van der Waals surface area (Å²) >= 11 is 0. The molecule has 2 rings (SSSR count). The SMILES string of the molecule is CC(CC(O)c1ccco1)Nc1ccc(F)cc1C#N. The fourth-order valence-electron chi connectivity index (χ4n) is 1.99. The summed E-state index contributed by atoms with van der Waals surface area (Å²) in [6.45, 7) is 1.87. The van der Waals surface area contributed by atoms with Gasteiger partial charge in [0.25, 0.3) is 0 Å². The molecule has 5 heteroatoms. The Hall–Kier alpha value is -2.32. The van der Waals surface area contributed by atoms with Crippen molar-refractivity contribution >= 4 is 5.69 Å². The van der Waals surface area contributed by atoms with Crippen LogP contribution < -0.4 is 5.32 Å². The second-order valence-electron chi connectivity index (χ2n) is 4.61. The Morgan fingerprint density at radius 2 is 2.25 bits per heavy atom. The molecule has 0 fully saturated rings. The van der Waals surface area contributed by atoms with Gasteiger partial charge in [0.05, 0.1) is 17.5 Å². The van der Waals surface area contributed by atoms with E-state index in [9.17, 15) is 9.50 Å². The molecule has 4 nitrogen and oxygen atoms in total. The van der Waals surface area contributed by atoms with Crippen LogP contribution in [0.2, 0.25) is 0 Å². The summed E-state index contributed by atoms with van der Waals surface area (Å²) in [5, 5.41) is 22.0. The third-order valence-electron chi connectivity index (χ3n) is 2.95. The number of hydrogen-bond donors (Lipinski definition) is 2. The highest BCUT2D eigenvalue weighted by Crippen LogP contribution is 2.22. The average molecular weight is 274 g/mol. The number of nitrogens with one attached hydrogen (secondary N) is 1. The summed E-state index contributed by atoms with van der Waals surface area (Å²) in [4.78, 5) is 0. The molecule has 0 bridgehead atoms. The van der Waals surface area contributed by atoms with Gasteiger partial charge < -0.3 is 14.8 Å². The van der Waals surface area contributed by atoms with E-state index in [0.29, 0.717) is 17.9 Å². The van der Waals surface area contributed by atoms with E-state index in [1.54, 1.807) is 12.1 Å². The summed E-state index contributed by atoms with van der Waals surface area (Å²) in [7, 11) is 0. The highest BCUT2D eigenvalue weighted by Gasteiger charge is 2.15. The molecule has 0 radical (unpaired) electrons. The van der Waals surface area contributed by atoms with Crippen molar-refractivity contribution in [3.63, 3.8) is 0 Å². The van der Waals surface area contributed by atoms with Crippen molar-refractivity contribution < 1.29 is 13.9 Å². The molecule has 1 heterocycles. The van der Waals surface area contributed by atoms with E-state index in [0.717, 1.165) is 0 Å². The van der Waals surface area contributed by atoms with Gasteiger partial charge in [0.1, 0.15) is 23.8 Å². The molecule has 2 unspecified atom stereocenters. The molecule has 20 heavy (non-hydrogen) atoms. The lowest BCUT2D eigenvalue weighted by Gasteiger charge is -2.18. The Labute approximate surface area is 116 Å². The van der Waals surface area contributed by atoms with Crippen LogP contribution in [0, 0.1) is 17.1 Å². The number of aliphatic hydroxyl groups is 1. The van der Waals surface area contributed by atoms with Gasteiger partial charge in [-0.05, 0) is 37.3 Å². The first-order valence-electron chi connectivity index (χ1n) is 6.28. The van der Waals surface area contributed by atoms with E-state index < -0.39 is 11.9 Å². The van der Waals surface area contributed by atoms with E-state index in [4.69, 9.17) is 9.68 Å². The van der Waals surface area contributed by atoms with Gasteiger partial charge in [0.2, 0.25) is 0 Å². The number of halogens is 1. The fourth-order valence-corrected chi connectivity index (χ4v) is 1.99. The molecule has 0 amide bonds. The molecule has 1 aromatic carbocycles. The standard InChI is InChI=1S/C15H15FN2O2/c1-10(7-14(19)15-3-2-6-20-15)18-13-5-4-12(16)8-11(13)9-17/h2-6,8,10,14,18-19H,7H2,1H3. The maximum atomic E-state index is 13.0. The number of anilines is 1. The van der Waals surface area contributed by atoms with Gasteiger partial charge in [-0.1, -0.05) is 0 Å². The van der Waals surface area contributed by atoms with Gasteiger partial charge >= 0.3 is 0 Å². The summed E-state index contributed by atoms with van der Waals surface area (Å²) in [6, 6.07) is 9.24. The Morgan fingerprint density at radius 1 is 1.45 bits per heavy atom. The van der Waals surface area contributed by atoms with Crippen molar-refractivity contribution in [2.24, 2.45) is 0 Å². The Bertz CT molecular complexity index is 605. The zero-order valence-electron chi connectivity index (χ0n) is 11.0. The van der Waals surface area contributed by atoms with Crippen molar-refractivity contribution in [2.75, 3.05) is 5.32 Å². The lowest BCUT2D eigenvalue weighted by Crippen LogP contribution is -2.19. The minimum Gasteiger partial charge on any atom is -0.467 e. The quantitative estimate of drug-likeness (QED) is 0.878. The number of nitriles is 1. The second kappa shape index (κ2) is 6.22. The van der Waals surface area contributed by atoms with Gasteiger partial charge in [0.15, 0.2) is 0 Å². The van der Waals surface area contributed by atoms with Gasteiger partial charge in [-0.15, -0.1) is 0 Å².